The lowest BCUT2D eigenvalue weighted by Crippen LogP contribution is -2.37. The molecule has 2 aliphatic carbocycles. The number of hydrogen-bond acceptors (Lipinski definition) is 3. The molecule has 4 rings (SSSR count). The zero-order valence-corrected chi connectivity index (χ0v) is 12.2. The zero-order chi connectivity index (χ0) is 14.2. The maximum atomic E-state index is 12.4. The molecule has 21 heavy (non-hydrogen) atoms. The fourth-order valence-electron chi connectivity index (χ4n) is 3.25. The van der Waals surface area contributed by atoms with Crippen molar-refractivity contribution in [1.29, 1.82) is 0 Å². The molecule has 0 amide bonds. The molecule has 1 heterocycles. The van der Waals surface area contributed by atoms with Gasteiger partial charge in [-0.15, -0.1) is 0 Å². The van der Waals surface area contributed by atoms with Crippen molar-refractivity contribution in [1.82, 2.24) is 15.1 Å². The second kappa shape index (κ2) is 5.26. The average molecular weight is 283 g/mol. The Balaban J connectivity index is 1.44. The van der Waals surface area contributed by atoms with E-state index < -0.39 is 0 Å². The molecule has 4 nitrogen and oxygen atoms in total. The van der Waals surface area contributed by atoms with Crippen LogP contribution >= 0.6 is 0 Å². The summed E-state index contributed by atoms with van der Waals surface area (Å²) < 4.78 is 1.59. The second-order valence-electron chi connectivity index (χ2n) is 6.41. The van der Waals surface area contributed by atoms with Crippen molar-refractivity contribution >= 4 is 10.8 Å². The molecule has 0 bridgehead atoms. The molecule has 0 atom stereocenters. The van der Waals surface area contributed by atoms with Gasteiger partial charge in [-0.25, -0.2) is 4.68 Å². The van der Waals surface area contributed by atoms with Gasteiger partial charge in [0.1, 0.15) is 0 Å². The number of nitrogens with zero attached hydrogens (tertiary/aromatic N) is 2. The van der Waals surface area contributed by atoms with Crippen molar-refractivity contribution < 1.29 is 0 Å². The molecule has 1 N–H and O–H groups in total. The summed E-state index contributed by atoms with van der Waals surface area (Å²) in [5.74, 6) is 1.78. The monoisotopic (exact) mass is 283 g/mol. The molecule has 0 unspecified atom stereocenters. The third-order valence-corrected chi connectivity index (χ3v) is 4.73. The summed E-state index contributed by atoms with van der Waals surface area (Å²) in [6, 6.07) is 8.33. The third-order valence-electron chi connectivity index (χ3n) is 4.73. The minimum atomic E-state index is 0.0179. The highest BCUT2D eigenvalue weighted by molar-refractivity contribution is 5.80. The number of fused-ring (bicyclic) bond motifs is 1. The van der Waals surface area contributed by atoms with Crippen LogP contribution < -0.4 is 10.9 Å². The molecule has 2 fully saturated rings. The van der Waals surface area contributed by atoms with E-state index in [9.17, 15) is 4.79 Å². The van der Waals surface area contributed by atoms with Crippen molar-refractivity contribution in [2.45, 2.75) is 38.3 Å². The van der Waals surface area contributed by atoms with Crippen molar-refractivity contribution in [2.24, 2.45) is 11.8 Å². The van der Waals surface area contributed by atoms with Gasteiger partial charge in [-0.3, -0.25) is 4.79 Å². The van der Waals surface area contributed by atoms with E-state index in [0.29, 0.717) is 12.6 Å². The predicted molar refractivity (Wildman–Crippen MR) is 83.2 cm³/mol. The number of rotatable bonds is 6. The first kappa shape index (κ1) is 13.0. The summed E-state index contributed by atoms with van der Waals surface area (Å²) in [5, 5.41) is 9.63. The first-order valence-corrected chi connectivity index (χ1v) is 8.01. The van der Waals surface area contributed by atoms with E-state index in [1.54, 1.807) is 10.9 Å². The van der Waals surface area contributed by atoms with Crippen LogP contribution in [-0.4, -0.2) is 22.4 Å². The van der Waals surface area contributed by atoms with Gasteiger partial charge in [0.15, 0.2) is 0 Å². The van der Waals surface area contributed by atoms with Crippen LogP contribution in [0.5, 0.6) is 0 Å². The number of benzene rings is 1. The summed E-state index contributed by atoms with van der Waals surface area (Å²) >= 11 is 0. The van der Waals surface area contributed by atoms with E-state index in [4.69, 9.17) is 0 Å². The van der Waals surface area contributed by atoms with Crippen LogP contribution in [0.25, 0.3) is 10.8 Å². The summed E-state index contributed by atoms with van der Waals surface area (Å²) in [4.78, 5) is 12.4. The van der Waals surface area contributed by atoms with Crippen LogP contribution in [0.3, 0.4) is 0 Å². The lowest BCUT2D eigenvalue weighted by Gasteiger charge is -2.17. The fourth-order valence-corrected chi connectivity index (χ4v) is 3.25. The molecule has 2 aromatic rings. The Morgan fingerprint density at radius 3 is 2.62 bits per heavy atom. The number of nitrogens with one attached hydrogen (secondary N) is 1. The smallest absolute Gasteiger partial charge is 0.274 e. The van der Waals surface area contributed by atoms with Crippen molar-refractivity contribution in [3.05, 3.63) is 40.8 Å². The quantitative estimate of drug-likeness (QED) is 0.884. The van der Waals surface area contributed by atoms with Crippen LogP contribution in [-0.2, 0) is 6.54 Å². The first-order chi connectivity index (χ1) is 10.3. The lowest BCUT2D eigenvalue weighted by molar-refractivity contribution is 0.398. The van der Waals surface area contributed by atoms with Crippen LogP contribution in [0.2, 0.25) is 0 Å². The highest BCUT2D eigenvalue weighted by Crippen LogP contribution is 2.44. The average Bonchev–Trinajstić information content (AvgIpc) is 3.38. The van der Waals surface area contributed by atoms with Crippen LogP contribution in [0.4, 0.5) is 0 Å². The zero-order valence-electron chi connectivity index (χ0n) is 12.2. The Bertz CT molecular complexity index is 688. The largest absolute Gasteiger partial charge is 0.312 e. The van der Waals surface area contributed by atoms with Gasteiger partial charge in [-0.2, -0.15) is 5.10 Å². The Labute approximate surface area is 124 Å². The summed E-state index contributed by atoms with van der Waals surface area (Å²) in [7, 11) is 0. The maximum Gasteiger partial charge on any atom is 0.274 e. The fraction of sp³-hybridized carbons (Fsp3) is 0.529. The van der Waals surface area contributed by atoms with Gasteiger partial charge in [0.05, 0.1) is 18.1 Å². The molecule has 4 heteroatoms. The van der Waals surface area contributed by atoms with Gasteiger partial charge in [0.2, 0.25) is 0 Å². The second-order valence-corrected chi connectivity index (χ2v) is 6.41. The van der Waals surface area contributed by atoms with E-state index in [1.165, 1.54) is 25.7 Å². The normalized spacial score (nSPS) is 18.5. The Morgan fingerprint density at radius 1 is 1.19 bits per heavy atom. The van der Waals surface area contributed by atoms with Gasteiger partial charge < -0.3 is 5.32 Å². The molecule has 0 aliphatic heterocycles. The van der Waals surface area contributed by atoms with E-state index in [-0.39, 0.29) is 5.56 Å². The standard InChI is InChI=1S/C17H21N3O/c21-17-15-4-2-1-3-14(15)11-19-20(17)10-9-18-16(12-5-6-12)13-7-8-13/h1-4,11-13,16,18H,5-10H2. The minimum absolute atomic E-state index is 0.0179. The molecule has 110 valence electrons. The van der Waals surface area contributed by atoms with Gasteiger partial charge in [-0.05, 0) is 43.6 Å². The molecule has 0 radical (unpaired) electrons. The van der Waals surface area contributed by atoms with E-state index in [2.05, 4.69) is 10.4 Å². The highest BCUT2D eigenvalue weighted by Gasteiger charge is 2.40. The summed E-state index contributed by atoms with van der Waals surface area (Å²) in [5.41, 5.74) is 0.0179. The summed E-state index contributed by atoms with van der Waals surface area (Å²) in [6.45, 7) is 1.49. The van der Waals surface area contributed by atoms with Gasteiger partial charge >= 0.3 is 0 Å². The Kier molecular flexibility index (Phi) is 3.26. The number of hydrogen-bond donors (Lipinski definition) is 1. The van der Waals surface area contributed by atoms with E-state index in [1.807, 2.05) is 24.3 Å². The molecule has 0 spiro atoms. The first-order valence-electron chi connectivity index (χ1n) is 8.01. The lowest BCUT2D eigenvalue weighted by atomic mass is 10.1. The van der Waals surface area contributed by atoms with Crippen LogP contribution in [0, 0.1) is 11.8 Å². The highest BCUT2D eigenvalue weighted by atomic mass is 16.1. The SMILES string of the molecule is O=c1c2ccccc2cnn1CCNC(C1CC1)C1CC1. The molecule has 2 saturated carbocycles. The van der Waals surface area contributed by atoms with Crippen LogP contribution in [0.1, 0.15) is 25.7 Å². The molecular weight excluding hydrogens is 262 g/mol. The molecular formula is C17H21N3O. The molecule has 0 saturated heterocycles. The molecule has 1 aromatic carbocycles. The summed E-state index contributed by atoms with van der Waals surface area (Å²) in [6.07, 6.45) is 7.30. The number of aromatic nitrogens is 2. The maximum absolute atomic E-state index is 12.4. The van der Waals surface area contributed by atoms with Gasteiger partial charge in [-0.1, -0.05) is 18.2 Å². The van der Waals surface area contributed by atoms with Gasteiger partial charge in [0, 0.05) is 18.0 Å². The van der Waals surface area contributed by atoms with E-state index >= 15 is 0 Å². The molecule has 1 aromatic heterocycles. The van der Waals surface area contributed by atoms with Crippen molar-refractivity contribution in [3.63, 3.8) is 0 Å². The van der Waals surface area contributed by atoms with Gasteiger partial charge in [0.25, 0.3) is 5.56 Å². The van der Waals surface area contributed by atoms with E-state index in [0.717, 1.165) is 29.2 Å². The topological polar surface area (TPSA) is 46.9 Å². The minimum Gasteiger partial charge on any atom is -0.312 e. The van der Waals surface area contributed by atoms with Crippen molar-refractivity contribution in [2.75, 3.05) is 6.54 Å². The molecule has 2 aliphatic rings. The Morgan fingerprint density at radius 2 is 1.90 bits per heavy atom. The third kappa shape index (κ3) is 2.72. The van der Waals surface area contributed by atoms with Crippen LogP contribution in [0.15, 0.2) is 35.3 Å². The van der Waals surface area contributed by atoms with Crippen molar-refractivity contribution in [3.8, 4) is 0 Å². The predicted octanol–water partition coefficient (Wildman–Crippen LogP) is 2.17. The Hall–Kier alpha value is -1.68.